The van der Waals surface area contributed by atoms with E-state index in [4.69, 9.17) is 4.99 Å². The number of benzene rings is 1. The van der Waals surface area contributed by atoms with Gasteiger partial charge < -0.3 is 0 Å². The van der Waals surface area contributed by atoms with E-state index >= 15 is 0 Å². The van der Waals surface area contributed by atoms with Crippen molar-refractivity contribution in [1.82, 2.24) is 0 Å². The first-order valence-electron chi connectivity index (χ1n) is 5.95. The van der Waals surface area contributed by atoms with Gasteiger partial charge in [0.1, 0.15) is 0 Å². The number of rotatable bonds is 1. The Morgan fingerprint density at radius 3 is 2.88 bits per heavy atom. The molecule has 83 valence electrons. The van der Waals surface area contributed by atoms with Gasteiger partial charge in [-0.25, -0.2) is 0 Å². The van der Waals surface area contributed by atoms with E-state index in [0.29, 0.717) is 0 Å². The van der Waals surface area contributed by atoms with Gasteiger partial charge in [0.15, 0.2) is 0 Å². The number of aliphatic imine (C=N–C) groups is 1. The van der Waals surface area contributed by atoms with Gasteiger partial charge in [0, 0.05) is 5.61 Å². The zero-order valence-corrected chi connectivity index (χ0v) is 11.1. The van der Waals surface area contributed by atoms with Crippen LogP contribution in [-0.4, -0.2) is 12.9 Å². The van der Waals surface area contributed by atoms with Gasteiger partial charge in [-0.1, -0.05) is 29.8 Å². The SMILES string of the molecule is Cc1ccc(P)cc1C1=NC2=CCCC=C2[B]1. The van der Waals surface area contributed by atoms with Crippen molar-refractivity contribution in [2.75, 3.05) is 0 Å². The van der Waals surface area contributed by atoms with Crippen LogP contribution in [0.3, 0.4) is 0 Å². The minimum absolute atomic E-state index is 1.10. The van der Waals surface area contributed by atoms with Crippen molar-refractivity contribution in [2.45, 2.75) is 19.8 Å². The second kappa shape index (κ2) is 4.27. The molecule has 1 aliphatic carbocycles. The smallest absolute Gasteiger partial charge is 0.220 e. The standard InChI is InChI=1S/C14H14BNP/c1-9-6-7-10(17)8-11(9)14-15-12-4-2-3-5-13(12)16-14/h4-8H,2-3,17H2,1H3. The second-order valence-corrected chi connectivity index (χ2v) is 5.21. The summed E-state index contributed by atoms with van der Waals surface area (Å²) in [6.45, 7) is 2.14. The summed E-state index contributed by atoms with van der Waals surface area (Å²) in [5.74, 6) is 0. The molecule has 17 heavy (non-hydrogen) atoms. The van der Waals surface area contributed by atoms with E-state index < -0.39 is 0 Å². The van der Waals surface area contributed by atoms with Crippen LogP contribution in [0.4, 0.5) is 0 Å². The van der Waals surface area contributed by atoms with E-state index in [2.05, 4.69) is 53.8 Å². The molecule has 1 aromatic carbocycles. The average Bonchev–Trinajstić information content (AvgIpc) is 2.75. The average molecular weight is 238 g/mol. The van der Waals surface area contributed by atoms with Gasteiger partial charge in [0.25, 0.3) is 0 Å². The molecule has 1 atom stereocenters. The summed E-state index contributed by atoms with van der Waals surface area (Å²) in [5, 5.41) is 1.21. The van der Waals surface area contributed by atoms with Gasteiger partial charge >= 0.3 is 0 Å². The van der Waals surface area contributed by atoms with Crippen LogP contribution in [0.2, 0.25) is 0 Å². The molecule has 1 radical (unpaired) electrons. The molecule has 0 amide bonds. The Kier molecular flexibility index (Phi) is 2.76. The number of allylic oxidation sites excluding steroid dienone is 3. The molecule has 2 aliphatic rings. The molecular formula is C14H14BNP. The summed E-state index contributed by atoms with van der Waals surface area (Å²) in [6.07, 6.45) is 6.78. The maximum absolute atomic E-state index is 4.73. The molecule has 0 N–H and O–H groups in total. The highest BCUT2D eigenvalue weighted by Gasteiger charge is 2.22. The molecular weight excluding hydrogens is 224 g/mol. The zero-order valence-electron chi connectivity index (χ0n) is 9.90. The number of hydrogen-bond donors (Lipinski definition) is 0. The summed E-state index contributed by atoms with van der Waals surface area (Å²) >= 11 is 0. The van der Waals surface area contributed by atoms with Crippen LogP contribution >= 0.6 is 9.24 Å². The summed E-state index contributed by atoms with van der Waals surface area (Å²) in [7, 11) is 4.95. The lowest BCUT2D eigenvalue weighted by molar-refractivity contribution is 1.01. The normalized spacial score (nSPS) is 17.9. The molecule has 0 fully saturated rings. The van der Waals surface area contributed by atoms with Gasteiger partial charge in [0.05, 0.1) is 5.70 Å². The third-order valence-electron chi connectivity index (χ3n) is 3.24. The first kappa shape index (κ1) is 11.0. The van der Waals surface area contributed by atoms with Gasteiger partial charge in [-0.05, 0) is 42.3 Å². The largest absolute Gasteiger partial charge is 0.264 e. The van der Waals surface area contributed by atoms with Crippen LogP contribution in [0.5, 0.6) is 0 Å². The van der Waals surface area contributed by atoms with E-state index in [9.17, 15) is 0 Å². The van der Waals surface area contributed by atoms with E-state index in [1.807, 2.05) is 0 Å². The molecule has 3 heteroatoms. The fourth-order valence-electron chi connectivity index (χ4n) is 2.29. The Hall–Kier alpha value is -1.14. The van der Waals surface area contributed by atoms with Crippen molar-refractivity contribution < 1.29 is 0 Å². The van der Waals surface area contributed by atoms with Crippen LogP contribution in [0.1, 0.15) is 24.0 Å². The first-order chi connectivity index (χ1) is 8.24. The lowest BCUT2D eigenvalue weighted by atomic mass is 9.63. The highest BCUT2D eigenvalue weighted by atomic mass is 31.0. The number of fused-ring (bicyclic) bond motifs is 1. The van der Waals surface area contributed by atoms with Crippen molar-refractivity contribution in [3.63, 3.8) is 0 Å². The molecule has 0 saturated carbocycles. The van der Waals surface area contributed by atoms with Gasteiger partial charge in [0.2, 0.25) is 7.28 Å². The van der Waals surface area contributed by atoms with Crippen LogP contribution in [0.25, 0.3) is 0 Å². The molecule has 1 aromatic rings. The van der Waals surface area contributed by atoms with Gasteiger partial charge in [-0.2, -0.15) is 0 Å². The topological polar surface area (TPSA) is 12.4 Å². The minimum atomic E-state index is 1.10. The quantitative estimate of drug-likeness (QED) is 0.526. The van der Waals surface area contributed by atoms with E-state index in [1.165, 1.54) is 21.9 Å². The van der Waals surface area contributed by atoms with Crippen molar-refractivity contribution in [1.29, 1.82) is 0 Å². The summed E-state index contributed by atoms with van der Waals surface area (Å²) < 4.78 is 0. The zero-order chi connectivity index (χ0) is 11.8. The minimum Gasteiger partial charge on any atom is -0.264 e. The number of nitrogens with zero attached hydrogens (tertiary/aromatic N) is 1. The molecule has 0 bridgehead atoms. The Bertz CT molecular complexity index is 570. The number of aryl methyl sites for hydroxylation is 1. The lowest BCUT2D eigenvalue weighted by Gasteiger charge is -2.06. The Labute approximate surface area is 105 Å². The summed E-state index contributed by atoms with van der Waals surface area (Å²) in [4.78, 5) is 4.73. The van der Waals surface area contributed by atoms with Gasteiger partial charge in [-0.15, -0.1) is 9.24 Å². The van der Waals surface area contributed by atoms with E-state index in [-0.39, 0.29) is 0 Å². The van der Waals surface area contributed by atoms with Crippen molar-refractivity contribution in [2.24, 2.45) is 4.99 Å². The molecule has 1 heterocycles. The molecule has 1 unspecified atom stereocenters. The summed E-state index contributed by atoms with van der Waals surface area (Å²) in [5.41, 5.74) is 6.07. The lowest BCUT2D eigenvalue weighted by Crippen LogP contribution is -2.11. The maximum atomic E-state index is 4.73. The molecule has 0 aromatic heterocycles. The molecule has 3 rings (SSSR count). The highest BCUT2D eigenvalue weighted by Crippen LogP contribution is 2.26. The van der Waals surface area contributed by atoms with Crippen molar-refractivity contribution >= 4 is 27.4 Å². The molecule has 0 saturated heterocycles. The third kappa shape index (κ3) is 2.02. The molecule has 1 aliphatic heterocycles. The molecule has 1 nitrogen and oxygen atoms in total. The number of hydrogen-bond acceptors (Lipinski definition) is 1. The summed E-state index contributed by atoms with van der Waals surface area (Å²) in [6, 6.07) is 6.46. The van der Waals surface area contributed by atoms with Gasteiger partial charge in [-0.3, -0.25) is 4.99 Å². The molecule has 0 spiro atoms. The van der Waals surface area contributed by atoms with Crippen molar-refractivity contribution in [3.8, 4) is 0 Å². The van der Waals surface area contributed by atoms with Crippen LogP contribution in [0, 0.1) is 6.92 Å². The first-order valence-corrected chi connectivity index (χ1v) is 6.52. The van der Waals surface area contributed by atoms with Crippen molar-refractivity contribution in [3.05, 3.63) is 52.6 Å². The maximum Gasteiger partial charge on any atom is 0.220 e. The van der Waals surface area contributed by atoms with E-state index in [0.717, 1.165) is 24.1 Å². The Balaban J connectivity index is 2.04. The monoisotopic (exact) mass is 238 g/mol. The third-order valence-corrected chi connectivity index (χ3v) is 3.59. The second-order valence-electron chi connectivity index (χ2n) is 4.54. The van der Waals surface area contributed by atoms with E-state index in [1.54, 1.807) is 0 Å². The van der Waals surface area contributed by atoms with Crippen LogP contribution < -0.4 is 5.30 Å². The predicted octanol–water partition coefficient (Wildman–Crippen LogP) is 2.52. The highest BCUT2D eigenvalue weighted by molar-refractivity contribution is 7.27. The van der Waals surface area contributed by atoms with Crippen LogP contribution in [-0.2, 0) is 0 Å². The fraction of sp³-hybridized carbons (Fsp3) is 0.214. The Morgan fingerprint density at radius 2 is 2.06 bits per heavy atom. The fourth-order valence-corrected chi connectivity index (χ4v) is 2.55. The Morgan fingerprint density at radius 1 is 1.24 bits per heavy atom. The predicted molar refractivity (Wildman–Crippen MR) is 78.2 cm³/mol. The van der Waals surface area contributed by atoms with Crippen LogP contribution in [0.15, 0.2) is 46.5 Å².